The Kier molecular flexibility index (Phi) is 4.17. The molecule has 0 radical (unpaired) electrons. The van der Waals surface area contributed by atoms with Crippen LogP contribution in [0.25, 0.3) is 11.3 Å². The van der Waals surface area contributed by atoms with E-state index in [2.05, 4.69) is 4.98 Å². The maximum Gasteiger partial charge on any atom is 0.120 e. The van der Waals surface area contributed by atoms with Crippen molar-refractivity contribution >= 4 is 0 Å². The Labute approximate surface area is 113 Å². The molecule has 3 heteroatoms. The number of nitrogens with zero attached hydrogens (tertiary/aromatic N) is 1. The van der Waals surface area contributed by atoms with E-state index in [0.29, 0.717) is 5.69 Å². The summed E-state index contributed by atoms with van der Waals surface area (Å²) in [5.74, 6) is 0.830. The summed E-state index contributed by atoms with van der Waals surface area (Å²) in [6.45, 7) is 5.71. The second-order valence-electron chi connectivity index (χ2n) is 4.82. The van der Waals surface area contributed by atoms with Crippen molar-refractivity contribution < 1.29 is 9.84 Å². The van der Waals surface area contributed by atoms with Crippen molar-refractivity contribution in [3.05, 3.63) is 48.2 Å². The lowest BCUT2D eigenvalue weighted by molar-refractivity contribution is 0.194. The number of hydrogen-bond donors (Lipinski definition) is 1. The number of ether oxygens (including phenoxy) is 1. The summed E-state index contributed by atoms with van der Waals surface area (Å²) in [5.41, 5.74) is 2.50. The van der Waals surface area contributed by atoms with Gasteiger partial charge < -0.3 is 9.84 Å². The van der Waals surface area contributed by atoms with Crippen molar-refractivity contribution in [2.24, 2.45) is 0 Å². The van der Waals surface area contributed by atoms with Gasteiger partial charge in [0.2, 0.25) is 0 Å². The van der Waals surface area contributed by atoms with E-state index in [1.54, 1.807) is 6.92 Å². The molecule has 0 saturated carbocycles. The third kappa shape index (κ3) is 3.55. The Morgan fingerprint density at radius 1 is 1.05 bits per heavy atom. The van der Waals surface area contributed by atoms with Gasteiger partial charge in [0, 0.05) is 5.56 Å². The summed E-state index contributed by atoms with van der Waals surface area (Å²) in [6.07, 6.45) is -0.415. The van der Waals surface area contributed by atoms with E-state index in [0.717, 1.165) is 17.0 Å². The van der Waals surface area contributed by atoms with Gasteiger partial charge in [-0.25, -0.2) is 0 Å². The van der Waals surface area contributed by atoms with Crippen LogP contribution in [-0.2, 0) is 0 Å². The number of benzene rings is 1. The second-order valence-corrected chi connectivity index (χ2v) is 4.82. The molecule has 0 aliphatic carbocycles. The van der Waals surface area contributed by atoms with Crippen LogP contribution in [0.3, 0.4) is 0 Å². The fourth-order valence-corrected chi connectivity index (χ4v) is 1.85. The molecule has 1 atom stereocenters. The highest BCUT2D eigenvalue weighted by Crippen LogP contribution is 2.24. The molecular formula is C16H19NO2. The van der Waals surface area contributed by atoms with Gasteiger partial charge >= 0.3 is 0 Å². The van der Waals surface area contributed by atoms with Crippen molar-refractivity contribution in [1.82, 2.24) is 4.98 Å². The fraction of sp³-hybridized carbons (Fsp3) is 0.312. The maximum atomic E-state index is 9.58. The third-order valence-electron chi connectivity index (χ3n) is 2.70. The number of pyridine rings is 1. The van der Waals surface area contributed by atoms with Gasteiger partial charge in [-0.05, 0) is 45.0 Å². The van der Waals surface area contributed by atoms with Crippen LogP contribution < -0.4 is 4.74 Å². The lowest BCUT2D eigenvalue weighted by Gasteiger charge is -2.11. The van der Waals surface area contributed by atoms with E-state index >= 15 is 0 Å². The zero-order valence-electron chi connectivity index (χ0n) is 11.5. The highest BCUT2D eigenvalue weighted by atomic mass is 16.5. The van der Waals surface area contributed by atoms with Crippen LogP contribution in [-0.4, -0.2) is 16.2 Å². The number of rotatable bonds is 4. The Morgan fingerprint density at radius 3 is 2.47 bits per heavy atom. The molecule has 1 aromatic carbocycles. The lowest BCUT2D eigenvalue weighted by Crippen LogP contribution is -2.05. The van der Waals surface area contributed by atoms with Crippen molar-refractivity contribution in [2.75, 3.05) is 0 Å². The SMILES string of the molecule is CC(C)Oc1cccc(-c2cccc(C(C)O)n2)c1. The minimum atomic E-state index is -0.560. The van der Waals surface area contributed by atoms with Crippen molar-refractivity contribution in [3.8, 4) is 17.0 Å². The topological polar surface area (TPSA) is 42.4 Å². The summed E-state index contributed by atoms with van der Waals surface area (Å²) >= 11 is 0. The summed E-state index contributed by atoms with van der Waals surface area (Å²) in [4.78, 5) is 4.46. The number of aliphatic hydroxyl groups is 1. The molecule has 0 amide bonds. The normalized spacial score (nSPS) is 12.5. The zero-order chi connectivity index (χ0) is 13.8. The molecule has 100 valence electrons. The van der Waals surface area contributed by atoms with Gasteiger partial charge in [0.1, 0.15) is 5.75 Å². The van der Waals surface area contributed by atoms with Crippen LogP contribution in [0.1, 0.15) is 32.6 Å². The van der Waals surface area contributed by atoms with Crippen LogP contribution in [0.2, 0.25) is 0 Å². The fourth-order valence-electron chi connectivity index (χ4n) is 1.85. The maximum absolute atomic E-state index is 9.58. The van der Waals surface area contributed by atoms with E-state index in [1.807, 2.05) is 56.3 Å². The molecule has 0 fully saturated rings. The van der Waals surface area contributed by atoms with E-state index < -0.39 is 6.10 Å². The Morgan fingerprint density at radius 2 is 1.79 bits per heavy atom. The van der Waals surface area contributed by atoms with Gasteiger partial charge in [-0.1, -0.05) is 18.2 Å². The Hall–Kier alpha value is -1.87. The van der Waals surface area contributed by atoms with Crippen LogP contribution in [0.15, 0.2) is 42.5 Å². The first kappa shape index (κ1) is 13.6. The molecule has 2 aromatic rings. The van der Waals surface area contributed by atoms with Gasteiger partial charge in [-0.3, -0.25) is 4.98 Å². The minimum absolute atomic E-state index is 0.145. The smallest absolute Gasteiger partial charge is 0.120 e. The number of aliphatic hydroxyl groups excluding tert-OH is 1. The molecule has 3 nitrogen and oxygen atoms in total. The highest BCUT2D eigenvalue weighted by molar-refractivity contribution is 5.61. The first-order valence-electron chi connectivity index (χ1n) is 6.48. The zero-order valence-corrected chi connectivity index (χ0v) is 11.5. The van der Waals surface area contributed by atoms with Crippen molar-refractivity contribution in [2.45, 2.75) is 33.0 Å². The number of hydrogen-bond acceptors (Lipinski definition) is 3. The first-order chi connectivity index (χ1) is 9.06. The summed E-state index contributed by atoms with van der Waals surface area (Å²) in [5, 5.41) is 9.58. The monoisotopic (exact) mass is 257 g/mol. The molecule has 1 heterocycles. The lowest BCUT2D eigenvalue weighted by atomic mass is 10.1. The van der Waals surface area contributed by atoms with Gasteiger partial charge in [0.05, 0.1) is 23.6 Å². The van der Waals surface area contributed by atoms with E-state index in [4.69, 9.17) is 4.74 Å². The largest absolute Gasteiger partial charge is 0.491 e. The molecule has 1 aromatic heterocycles. The quantitative estimate of drug-likeness (QED) is 0.910. The predicted octanol–water partition coefficient (Wildman–Crippen LogP) is 3.59. The predicted molar refractivity (Wildman–Crippen MR) is 76.1 cm³/mol. The Balaban J connectivity index is 2.33. The van der Waals surface area contributed by atoms with E-state index in [1.165, 1.54) is 0 Å². The average molecular weight is 257 g/mol. The molecule has 1 N–H and O–H groups in total. The van der Waals surface area contributed by atoms with Crippen LogP contribution >= 0.6 is 0 Å². The van der Waals surface area contributed by atoms with Crippen molar-refractivity contribution in [1.29, 1.82) is 0 Å². The molecule has 19 heavy (non-hydrogen) atoms. The van der Waals surface area contributed by atoms with Crippen LogP contribution in [0.5, 0.6) is 5.75 Å². The molecule has 1 unspecified atom stereocenters. The highest BCUT2D eigenvalue weighted by Gasteiger charge is 2.06. The van der Waals surface area contributed by atoms with Gasteiger partial charge in [0.15, 0.2) is 0 Å². The Bertz CT molecular complexity index is 550. The van der Waals surface area contributed by atoms with Crippen LogP contribution in [0, 0.1) is 0 Å². The molecule has 0 saturated heterocycles. The molecular weight excluding hydrogens is 238 g/mol. The molecule has 0 aliphatic heterocycles. The molecule has 2 rings (SSSR count). The van der Waals surface area contributed by atoms with Gasteiger partial charge in [0.25, 0.3) is 0 Å². The summed E-state index contributed by atoms with van der Waals surface area (Å²) in [7, 11) is 0. The van der Waals surface area contributed by atoms with Crippen molar-refractivity contribution in [3.63, 3.8) is 0 Å². The summed E-state index contributed by atoms with van der Waals surface area (Å²) < 4.78 is 5.68. The van der Waals surface area contributed by atoms with Gasteiger partial charge in [-0.2, -0.15) is 0 Å². The second kappa shape index (κ2) is 5.85. The van der Waals surface area contributed by atoms with E-state index in [-0.39, 0.29) is 6.10 Å². The third-order valence-corrected chi connectivity index (χ3v) is 2.70. The first-order valence-corrected chi connectivity index (χ1v) is 6.48. The standard InChI is InChI=1S/C16H19NO2/c1-11(2)19-14-7-4-6-13(10-14)16-9-5-8-15(17-16)12(3)18/h4-12,18H,1-3H3. The minimum Gasteiger partial charge on any atom is -0.491 e. The molecule has 0 bridgehead atoms. The number of aromatic nitrogens is 1. The molecule has 0 aliphatic rings. The van der Waals surface area contributed by atoms with Gasteiger partial charge in [-0.15, -0.1) is 0 Å². The average Bonchev–Trinajstić information content (AvgIpc) is 2.38. The summed E-state index contributed by atoms with van der Waals surface area (Å²) in [6, 6.07) is 13.5. The molecule has 0 spiro atoms. The van der Waals surface area contributed by atoms with E-state index in [9.17, 15) is 5.11 Å². The van der Waals surface area contributed by atoms with Crippen LogP contribution in [0.4, 0.5) is 0 Å².